The maximum absolute atomic E-state index is 13.5. The standard InChI is InChI=1S/C27H22F4N4O4/c1-34(26(37)32-20-9-5-18(6-10-20)27(29,30)31)14-25(36)35-22(17-4-11-23-24(12-17)39-15-38-23)13-21(33-35)16-2-7-19(28)8-3-16/h2-12,22H,13-15H2,1H3,(H,32,37)/t22-/m1/s1. The summed E-state index contributed by atoms with van der Waals surface area (Å²) in [5, 5.41) is 8.26. The Labute approximate surface area is 220 Å². The van der Waals surface area contributed by atoms with Gasteiger partial charge in [-0.2, -0.15) is 18.3 Å². The van der Waals surface area contributed by atoms with E-state index >= 15 is 0 Å². The van der Waals surface area contributed by atoms with E-state index in [9.17, 15) is 27.2 Å². The number of carbonyl (C=O) groups is 2. The summed E-state index contributed by atoms with van der Waals surface area (Å²) in [6.07, 6.45) is -4.16. The van der Waals surface area contributed by atoms with E-state index < -0.39 is 35.5 Å². The van der Waals surface area contributed by atoms with Crippen LogP contribution in [0.5, 0.6) is 11.5 Å². The van der Waals surface area contributed by atoms with Crippen molar-refractivity contribution in [1.82, 2.24) is 9.91 Å². The van der Waals surface area contributed by atoms with E-state index in [1.807, 2.05) is 0 Å². The Morgan fingerprint density at radius 1 is 1.03 bits per heavy atom. The second-order valence-electron chi connectivity index (χ2n) is 8.99. The van der Waals surface area contributed by atoms with Gasteiger partial charge in [0.15, 0.2) is 11.5 Å². The molecule has 3 aromatic rings. The number of benzene rings is 3. The van der Waals surface area contributed by atoms with Gasteiger partial charge in [0.2, 0.25) is 6.79 Å². The average molecular weight is 542 g/mol. The minimum atomic E-state index is -4.50. The first-order valence-corrected chi connectivity index (χ1v) is 11.8. The number of likely N-dealkylation sites (N-methyl/N-ethyl adjacent to an activating group) is 1. The van der Waals surface area contributed by atoms with Crippen molar-refractivity contribution in [1.29, 1.82) is 0 Å². The van der Waals surface area contributed by atoms with Crippen molar-refractivity contribution in [2.24, 2.45) is 5.10 Å². The van der Waals surface area contributed by atoms with Crippen molar-refractivity contribution in [2.75, 3.05) is 25.7 Å². The van der Waals surface area contributed by atoms with Gasteiger partial charge in [0.05, 0.1) is 17.3 Å². The Kier molecular flexibility index (Phi) is 6.85. The molecule has 0 radical (unpaired) electrons. The van der Waals surface area contributed by atoms with Crippen LogP contribution in [0.1, 0.15) is 29.2 Å². The lowest BCUT2D eigenvalue weighted by Crippen LogP contribution is -2.41. The highest BCUT2D eigenvalue weighted by Crippen LogP contribution is 2.39. The van der Waals surface area contributed by atoms with E-state index in [1.54, 1.807) is 30.3 Å². The third kappa shape index (κ3) is 5.64. The normalized spacial score (nSPS) is 16.2. The smallest absolute Gasteiger partial charge is 0.416 e. The van der Waals surface area contributed by atoms with Gasteiger partial charge in [0, 0.05) is 19.2 Å². The molecule has 1 N–H and O–H groups in total. The van der Waals surface area contributed by atoms with Crippen LogP contribution in [0.2, 0.25) is 0 Å². The van der Waals surface area contributed by atoms with Gasteiger partial charge in [-0.1, -0.05) is 18.2 Å². The van der Waals surface area contributed by atoms with Gasteiger partial charge >= 0.3 is 12.2 Å². The van der Waals surface area contributed by atoms with Crippen LogP contribution in [0.25, 0.3) is 0 Å². The van der Waals surface area contributed by atoms with Crippen LogP contribution < -0.4 is 14.8 Å². The number of fused-ring (bicyclic) bond motifs is 1. The molecule has 2 heterocycles. The number of nitrogens with zero attached hydrogens (tertiary/aromatic N) is 3. The molecule has 0 unspecified atom stereocenters. The summed E-state index contributed by atoms with van der Waals surface area (Å²) < 4.78 is 62.7. The van der Waals surface area contributed by atoms with Crippen LogP contribution in [0.15, 0.2) is 71.8 Å². The summed E-state index contributed by atoms with van der Waals surface area (Å²) in [5.74, 6) is 0.204. The molecule has 1 atom stereocenters. The number of hydrazone groups is 1. The van der Waals surface area contributed by atoms with E-state index in [0.29, 0.717) is 29.2 Å². The molecule has 0 aromatic heterocycles. The molecule has 0 aliphatic carbocycles. The number of carbonyl (C=O) groups excluding carboxylic acids is 2. The number of alkyl halides is 3. The molecule has 39 heavy (non-hydrogen) atoms. The SMILES string of the molecule is CN(CC(=O)N1N=C(c2ccc(F)cc2)C[C@@H]1c1ccc2c(c1)OCO2)C(=O)Nc1ccc(C(F)(F)F)cc1. The highest BCUT2D eigenvalue weighted by molar-refractivity contribution is 6.03. The van der Waals surface area contributed by atoms with Gasteiger partial charge in [0.25, 0.3) is 5.91 Å². The summed E-state index contributed by atoms with van der Waals surface area (Å²) in [5.41, 5.74) is 1.23. The predicted molar refractivity (Wildman–Crippen MR) is 133 cm³/mol. The number of hydrogen-bond acceptors (Lipinski definition) is 5. The second-order valence-corrected chi connectivity index (χ2v) is 8.99. The van der Waals surface area contributed by atoms with Crippen molar-refractivity contribution in [3.8, 4) is 11.5 Å². The lowest BCUT2D eigenvalue weighted by atomic mass is 9.98. The maximum Gasteiger partial charge on any atom is 0.416 e. The summed E-state index contributed by atoms with van der Waals surface area (Å²) in [6.45, 7) is -0.282. The lowest BCUT2D eigenvalue weighted by molar-refractivity contribution is -0.137. The molecule has 8 nitrogen and oxygen atoms in total. The molecule has 12 heteroatoms. The van der Waals surface area contributed by atoms with Crippen LogP contribution in [0.3, 0.4) is 0 Å². The minimum absolute atomic E-state index is 0.0856. The molecule has 0 saturated heterocycles. The lowest BCUT2D eigenvalue weighted by Gasteiger charge is -2.25. The van der Waals surface area contributed by atoms with Crippen LogP contribution >= 0.6 is 0 Å². The van der Waals surface area contributed by atoms with Crippen LogP contribution in [0, 0.1) is 5.82 Å². The van der Waals surface area contributed by atoms with E-state index in [-0.39, 0.29) is 19.0 Å². The number of rotatable bonds is 5. The molecule has 0 spiro atoms. The summed E-state index contributed by atoms with van der Waals surface area (Å²) >= 11 is 0. The van der Waals surface area contributed by atoms with E-state index in [2.05, 4.69) is 10.4 Å². The molecule has 202 valence electrons. The predicted octanol–water partition coefficient (Wildman–Crippen LogP) is 5.41. The summed E-state index contributed by atoms with van der Waals surface area (Å²) in [6, 6.07) is 13.8. The Balaban J connectivity index is 1.33. The van der Waals surface area contributed by atoms with Crippen molar-refractivity contribution in [3.63, 3.8) is 0 Å². The molecule has 5 rings (SSSR count). The van der Waals surface area contributed by atoms with E-state index in [1.165, 1.54) is 24.2 Å². The molecular formula is C27H22F4N4O4. The van der Waals surface area contributed by atoms with Crippen molar-refractivity contribution in [2.45, 2.75) is 18.6 Å². The quantitative estimate of drug-likeness (QED) is 0.437. The van der Waals surface area contributed by atoms with Gasteiger partial charge in [-0.25, -0.2) is 14.2 Å². The van der Waals surface area contributed by atoms with Gasteiger partial charge in [-0.15, -0.1) is 0 Å². The zero-order chi connectivity index (χ0) is 27.7. The van der Waals surface area contributed by atoms with Crippen molar-refractivity contribution >= 4 is 23.3 Å². The molecule has 3 amide bonds. The number of halogens is 4. The zero-order valence-corrected chi connectivity index (χ0v) is 20.5. The number of nitrogens with one attached hydrogen (secondary N) is 1. The minimum Gasteiger partial charge on any atom is -0.454 e. The summed E-state index contributed by atoms with van der Waals surface area (Å²) in [7, 11) is 1.38. The first-order chi connectivity index (χ1) is 18.6. The Morgan fingerprint density at radius 2 is 1.72 bits per heavy atom. The van der Waals surface area contributed by atoms with E-state index in [0.717, 1.165) is 34.7 Å². The average Bonchev–Trinajstić information content (AvgIpc) is 3.56. The Hall–Kier alpha value is -4.61. The first-order valence-electron chi connectivity index (χ1n) is 11.8. The van der Waals surface area contributed by atoms with Gasteiger partial charge in [-0.3, -0.25) is 4.79 Å². The maximum atomic E-state index is 13.5. The topological polar surface area (TPSA) is 83.5 Å². The molecule has 3 aromatic carbocycles. The number of urea groups is 1. The molecule has 0 saturated carbocycles. The van der Waals surface area contributed by atoms with Crippen molar-refractivity contribution < 1.29 is 36.6 Å². The van der Waals surface area contributed by atoms with Crippen LogP contribution in [-0.4, -0.2) is 47.9 Å². The first kappa shape index (κ1) is 26.0. The Bertz CT molecular complexity index is 1430. The summed E-state index contributed by atoms with van der Waals surface area (Å²) in [4.78, 5) is 27.1. The molecule has 2 aliphatic heterocycles. The largest absolute Gasteiger partial charge is 0.454 e. The van der Waals surface area contributed by atoms with Crippen LogP contribution in [0.4, 0.5) is 28.0 Å². The fraction of sp³-hybridized carbons (Fsp3) is 0.222. The van der Waals surface area contributed by atoms with E-state index in [4.69, 9.17) is 9.47 Å². The van der Waals surface area contributed by atoms with Gasteiger partial charge < -0.3 is 19.7 Å². The third-order valence-electron chi connectivity index (χ3n) is 6.31. The number of anilines is 1. The number of hydrogen-bond donors (Lipinski definition) is 1. The van der Waals surface area contributed by atoms with Crippen molar-refractivity contribution in [3.05, 3.63) is 89.2 Å². The second kappa shape index (κ2) is 10.3. The zero-order valence-electron chi connectivity index (χ0n) is 20.5. The molecule has 0 fully saturated rings. The Morgan fingerprint density at radius 3 is 2.41 bits per heavy atom. The highest BCUT2D eigenvalue weighted by atomic mass is 19.4. The molecule has 0 bridgehead atoms. The highest BCUT2D eigenvalue weighted by Gasteiger charge is 2.35. The number of amides is 3. The monoisotopic (exact) mass is 542 g/mol. The third-order valence-corrected chi connectivity index (χ3v) is 6.31. The molecule has 2 aliphatic rings. The van der Waals surface area contributed by atoms with Crippen LogP contribution in [-0.2, 0) is 11.0 Å². The fourth-order valence-corrected chi connectivity index (χ4v) is 4.25. The van der Waals surface area contributed by atoms with Gasteiger partial charge in [0.1, 0.15) is 12.4 Å². The molecular weight excluding hydrogens is 520 g/mol. The fourth-order valence-electron chi connectivity index (χ4n) is 4.25. The van der Waals surface area contributed by atoms with Gasteiger partial charge in [-0.05, 0) is 59.7 Å². The number of ether oxygens (including phenoxy) is 2.